The standard InChI is InChI=1S/C20H24N2/c21-15-20-13-7-6-9-17(20)14-16-8-4-5-12-19(16)22(20)18-10-2-1-3-11-18/h1-3,10-11,17H,4-9,12-14H2/t17-,20+/m1/s1. The number of nitrogens with zero attached hydrogens (tertiary/aromatic N) is 2. The summed E-state index contributed by atoms with van der Waals surface area (Å²) in [7, 11) is 0. The molecule has 3 aliphatic rings. The number of rotatable bonds is 1. The molecule has 1 saturated carbocycles. The Morgan fingerprint density at radius 3 is 2.68 bits per heavy atom. The lowest BCUT2D eigenvalue weighted by atomic mass is 9.65. The average Bonchev–Trinajstić information content (AvgIpc) is 2.60. The van der Waals surface area contributed by atoms with Gasteiger partial charge in [-0.1, -0.05) is 30.2 Å². The molecule has 0 amide bonds. The molecule has 0 radical (unpaired) electrons. The van der Waals surface area contributed by atoms with Crippen LogP contribution in [-0.4, -0.2) is 5.54 Å². The number of nitriles is 1. The van der Waals surface area contributed by atoms with E-state index in [9.17, 15) is 5.26 Å². The number of hydrogen-bond acceptors (Lipinski definition) is 2. The minimum atomic E-state index is -0.296. The van der Waals surface area contributed by atoms with Crippen LogP contribution in [0.1, 0.15) is 57.8 Å². The molecule has 1 fully saturated rings. The van der Waals surface area contributed by atoms with Crippen LogP contribution >= 0.6 is 0 Å². The summed E-state index contributed by atoms with van der Waals surface area (Å²) >= 11 is 0. The summed E-state index contributed by atoms with van der Waals surface area (Å²) in [6, 6.07) is 13.5. The van der Waals surface area contributed by atoms with Crippen molar-refractivity contribution in [2.24, 2.45) is 5.92 Å². The third-order valence-corrected chi connectivity index (χ3v) is 5.96. The Bertz CT molecular complexity index is 625. The Morgan fingerprint density at radius 1 is 1.05 bits per heavy atom. The predicted octanol–water partition coefficient (Wildman–Crippen LogP) is 5.18. The van der Waals surface area contributed by atoms with E-state index in [1.165, 1.54) is 56.3 Å². The maximum absolute atomic E-state index is 10.2. The zero-order valence-electron chi connectivity index (χ0n) is 13.2. The van der Waals surface area contributed by atoms with Gasteiger partial charge >= 0.3 is 0 Å². The molecule has 22 heavy (non-hydrogen) atoms. The highest BCUT2D eigenvalue weighted by Crippen LogP contribution is 2.51. The molecule has 2 heteroatoms. The first-order chi connectivity index (χ1) is 10.8. The van der Waals surface area contributed by atoms with E-state index in [0.717, 1.165) is 12.8 Å². The number of anilines is 1. The summed E-state index contributed by atoms with van der Waals surface area (Å²) in [6.45, 7) is 0. The molecular formula is C20H24N2. The summed E-state index contributed by atoms with van der Waals surface area (Å²) in [4.78, 5) is 2.47. The Balaban J connectivity index is 1.89. The largest absolute Gasteiger partial charge is 0.326 e. The molecule has 2 aliphatic carbocycles. The average molecular weight is 292 g/mol. The Morgan fingerprint density at radius 2 is 1.86 bits per heavy atom. The van der Waals surface area contributed by atoms with Crippen molar-refractivity contribution >= 4 is 5.69 Å². The van der Waals surface area contributed by atoms with Gasteiger partial charge in [-0.25, -0.2) is 0 Å². The third kappa shape index (κ3) is 1.99. The van der Waals surface area contributed by atoms with Crippen molar-refractivity contribution in [2.45, 2.75) is 63.3 Å². The topological polar surface area (TPSA) is 27.0 Å². The fourth-order valence-corrected chi connectivity index (χ4v) is 4.93. The van der Waals surface area contributed by atoms with Gasteiger partial charge < -0.3 is 4.90 Å². The zero-order valence-corrected chi connectivity index (χ0v) is 13.2. The van der Waals surface area contributed by atoms with E-state index in [2.05, 4.69) is 41.3 Å². The van der Waals surface area contributed by atoms with Crippen LogP contribution in [0.3, 0.4) is 0 Å². The second-order valence-electron chi connectivity index (χ2n) is 7.11. The van der Waals surface area contributed by atoms with Crippen LogP contribution in [0.4, 0.5) is 5.69 Å². The smallest absolute Gasteiger partial charge is 0.135 e. The maximum Gasteiger partial charge on any atom is 0.135 e. The number of para-hydroxylation sites is 1. The van der Waals surface area contributed by atoms with E-state index in [1.807, 2.05) is 0 Å². The molecule has 1 aliphatic heterocycles. The van der Waals surface area contributed by atoms with Crippen molar-refractivity contribution in [1.82, 2.24) is 0 Å². The van der Waals surface area contributed by atoms with Crippen molar-refractivity contribution in [3.63, 3.8) is 0 Å². The Hall–Kier alpha value is -1.75. The Kier molecular flexibility index (Phi) is 3.45. The van der Waals surface area contributed by atoms with Crippen LogP contribution in [-0.2, 0) is 0 Å². The number of fused-ring (bicyclic) bond motifs is 1. The normalized spacial score (nSPS) is 31.2. The molecule has 4 rings (SSSR count). The van der Waals surface area contributed by atoms with Gasteiger partial charge in [0, 0.05) is 11.4 Å². The molecule has 1 aromatic rings. The van der Waals surface area contributed by atoms with Gasteiger partial charge in [-0.2, -0.15) is 5.26 Å². The van der Waals surface area contributed by atoms with Gasteiger partial charge in [0.25, 0.3) is 0 Å². The molecule has 0 aromatic heterocycles. The Labute approximate surface area is 133 Å². The molecule has 0 unspecified atom stereocenters. The first kappa shape index (κ1) is 13.9. The lowest BCUT2D eigenvalue weighted by molar-refractivity contribution is 0.216. The maximum atomic E-state index is 10.2. The van der Waals surface area contributed by atoms with Crippen LogP contribution in [0.15, 0.2) is 41.6 Å². The van der Waals surface area contributed by atoms with Crippen molar-refractivity contribution in [3.8, 4) is 6.07 Å². The molecular weight excluding hydrogens is 268 g/mol. The molecule has 0 spiro atoms. The summed E-state index contributed by atoms with van der Waals surface area (Å²) in [5.74, 6) is 0.517. The molecule has 2 atom stereocenters. The molecule has 114 valence electrons. The van der Waals surface area contributed by atoms with E-state index >= 15 is 0 Å². The highest BCUT2D eigenvalue weighted by molar-refractivity contribution is 5.60. The van der Waals surface area contributed by atoms with Crippen molar-refractivity contribution in [1.29, 1.82) is 5.26 Å². The quantitative estimate of drug-likeness (QED) is 0.713. The van der Waals surface area contributed by atoms with E-state index < -0.39 is 0 Å². The minimum Gasteiger partial charge on any atom is -0.326 e. The van der Waals surface area contributed by atoms with Gasteiger partial charge in [-0.15, -0.1) is 0 Å². The lowest BCUT2D eigenvalue weighted by Gasteiger charge is -2.53. The zero-order chi connectivity index (χ0) is 15.0. The highest BCUT2D eigenvalue weighted by atomic mass is 15.2. The van der Waals surface area contributed by atoms with Crippen LogP contribution in [0.2, 0.25) is 0 Å². The first-order valence-electron chi connectivity index (χ1n) is 8.82. The van der Waals surface area contributed by atoms with E-state index in [0.29, 0.717) is 5.92 Å². The first-order valence-corrected chi connectivity index (χ1v) is 8.82. The summed E-state index contributed by atoms with van der Waals surface area (Å²) in [5, 5.41) is 10.2. The predicted molar refractivity (Wildman–Crippen MR) is 89.3 cm³/mol. The van der Waals surface area contributed by atoms with Gasteiger partial charge in [0.1, 0.15) is 5.54 Å². The SMILES string of the molecule is N#C[C@@]12CCCC[C@@H]1CC1=C(CCCC1)N2c1ccccc1. The molecule has 0 bridgehead atoms. The number of allylic oxidation sites excluding steroid dienone is 2. The fraction of sp³-hybridized carbons (Fsp3) is 0.550. The number of benzene rings is 1. The molecule has 2 nitrogen and oxygen atoms in total. The monoisotopic (exact) mass is 292 g/mol. The van der Waals surface area contributed by atoms with Crippen LogP contribution in [0.5, 0.6) is 0 Å². The minimum absolute atomic E-state index is 0.296. The van der Waals surface area contributed by atoms with Gasteiger partial charge in [-0.3, -0.25) is 0 Å². The third-order valence-electron chi connectivity index (χ3n) is 5.96. The summed E-state index contributed by atoms with van der Waals surface area (Å²) in [6.07, 6.45) is 10.9. The summed E-state index contributed by atoms with van der Waals surface area (Å²) in [5.41, 5.74) is 4.06. The van der Waals surface area contributed by atoms with Crippen LogP contribution < -0.4 is 4.90 Å². The molecule has 1 heterocycles. The second-order valence-corrected chi connectivity index (χ2v) is 7.11. The molecule has 1 aromatic carbocycles. The van der Waals surface area contributed by atoms with Gasteiger partial charge in [0.05, 0.1) is 6.07 Å². The van der Waals surface area contributed by atoms with Crippen molar-refractivity contribution < 1.29 is 0 Å². The fourth-order valence-electron chi connectivity index (χ4n) is 4.93. The van der Waals surface area contributed by atoms with Gasteiger partial charge in [0.2, 0.25) is 0 Å². The van der Waals surface area contributed by atoms with Crippen LogP contribution in [0, 0.1) is 17.2 Å². The highest BCUT2D eigenvalue weighted by Gasteiger charge is 2.50. The molecule has 0 saturated heterocycles. The lowest BCUT2D eigenvalue weighted by Crippen LogP contribution is -2.57. The van der Waals surface area contributed by atoms with Gasteiger partial charge in [-0.05, 0) is 69.4 Å². The second kappa shape index (κ2) is 5.47. The molecule has 0 N–H and O–H groups in total. The van der Waals surface area contributed by atoms with Crippen LogP contribution in [0.25, 0.3) is 0 Å². The van der Waals surface area contributed by atoms with Gasteiger partial charge in [0.15, 0.2) is 0 Å². The van der Waals surface area contributed by atoms with Crippen molar-refractivity contribution in [2.75, 3.05) is 4.90 Å². The van der Waals surface area contributed by atoms with E-state index in [-0.39, 0.29) is 5.54 Å². The van der Waals surface area contributed by atoms with E-state index in [1.54, 1.807) is 5.57 Å². The number of hydrogen-bond donors (Lipinski definition) is 0. The summed E-state index contributed by atoms with van der Waals surface area (Å²) < 4.78 is 0. The van der Waals surface area contributed by atoms with Crippen molar-refractivity contribution in [3.05, 3.63) is 41.6 Å². The van der Waals surface area contributed by atoms with E-state index in [4.69, 9.17) is 0 Å².